The van der Waals surface area contributed by atoms with Crippen LogP contribution in [-0.4, -0.2) is 72.7 Å². The molecule has 0 spiro atoms. The number of para-hydroxylation sites is 1. The maximum Gasteiger partial charge on any atom is 0.248 e. The van der Waals surface area contributed by atoms with E-state index in [-0.39, 0.29) is 5.91 Å². The molecule has 4 aromatic rings. The molecular formula is C29H32N8O2. The van der Waals surface area contributed by atoms with E-state index in [0.717, 1.165) is 41.1 Å². The van der Waals surface area contributed by atoms with E-state index in [1.807, 2.05) is 79.7 Å². The van der Waals surface area contributed by atoms with Crippen LogP contribution in [0.15, 0.2) is 72.9 Å². The summed E-state index contributed by atoms with van der Waals surface area (Å²) in [4.78, 5) is 30.4. The molecule has 39 heavy (non-hydrogen) atoms. The van der Waals surface area contributed by atoms with Gasteiger partial charge < -0.3 is 30.9 Å². The highest BCUT2D eigenvalue weighted by atomic mass is 16.5. The number of carbonyl (C=O) groups is 1. The average molecular weight is 525 g/mol. The molecule has 0 atom stereocenters. The summed E-state index contributed by atoms with van der Waals surface area (Å²) in [6, 6.07) is 17.4. The zero-order chi connectivity index (χ0) is 27.2. The van der Waals surface area contributed by atoms with Crippen molar-refractivity contribution in [3.8, 4) is 11.1 Å². The van der Waals surface area contributed by atoms with Crippen molar-refractivity contribution in [3.63, 3.8) is 0 Å². The van der Waals surface area contributed by atoms with Gasteiger partial charge in [-0.2, -0.15) is 4.98 Å². The Balaban J connectivity index is 1.39. The number of nitrogens with two attached hydrogens (primary N) is 1. The zero-order valence-corrected chi connectivity index (χ0v) is 22.1. The number of aromatic nitrogens is 3. The minimum absolute atomic E-state index is 0.182. The molecular weight excluding hydrogens is 492 g/mol. The number of pyridine rings is 1. The zero-order valence-electron chi connectivity index (χ0n) is 22.1. The van der Waals surface area contributed by atoms with Gasteiger partial charge in [0.2, 0.25) is 11.9 Å². The lowest BCUT2D eigenvalue weighted by atomic mass is 10.0. The smallest absolute Gasteiger partial charge is 0.248 e. The number of amides is 1. The molecule has 3 heterocycles. The molecule has 5 rings (SSSR count). The first-order valence-corrected chi connectivity index (χ1v) is 12.8. The van der Waals surface area contributed by atoms with Crippen LogP contribution in [0.1, 0.15) is 0 Å². The van der Waals surface area contributed by atoms with Gasteiger partial charge in [-0.05, 0) is 50.0 Å². The van der Waals surface area contributed by atoms with E-state index >= 15 is 0 Å². The summed E-state index contributed by atoms with van der Waals surface area (Å²) in [5.74, 6) is 1.48. The van der Waals surface area contributed by atoms with Gasteiger partial charge in [0.25, 0.3) is 0 Å². The number of rotatable bonds is 8. The van der Waals surface area contributed by atoms with Crippen molar-refractivity contribution in [2.75, 3.05) is 68.2 Å². The van der Waals surface area contributed by atoms with Crippen molar-refractivity contribution in [2.24, 2.45) is 0 Å². The number of nitrogen functional groups attached to an aromatic ring is 1. The van der Waals surface area contributed by atoms with Crippen molar-refractivity contribution in [1.29, 1.82) is 0 Å². The molecule has 0 radical (unpaired) electrons. The number of hydrogen-bond acceptors (Lipinski definition) is 9. The molecule has 0 aliphatic carbocycles. The lowest BCUT2D eigenvalue weighted by Crippen LogP contribution is -2.36. The van der Waals surface area contributed by atoms with Gasteiger partial charge in [-0.1, -0.05) is 30.3 Å². The summed E-state index contributed by atoms with van der Waals surface area (Å²) in [5, 5.41) is 6.91. The molecule has 1 saturated heterocycles. The van der Waals surface area contributed by atoms with E-state index in [2.05, 4.69) is 25.5 Å². The first-order chi connectivity index (χ1) is 19.0. The number of likely N-dealkylation sites (N-methyl/N-ethyl adjacent to an activating group) is 1. The number of carbonyl (C=O) groups excluding carboxylic acids is 1. The molecule has 1 aliphatic rings. The number of hydrogen-bond donors (Lipinski definition) is 3. The summed E-state index contributed by atoms with van der Waals surface area (Å²) in [6.45, 7) is 3.75. The fourth-order valence-electron chi connectivity index (χ4n) is 4.35. The Morgan fingerprint density at radius 3 is 2.67 bits per heavy atom. The third-order valence-electron chi connectivity index (χ3n) is 6.28. The van der Waals surface area contributed by atoms with Gasteiger partial charge in [-0.25, -0.2) is 9.97 Å². The van der Waals surface area contributed by atoms with E-state index < -0.39 is 0 Å². The van der Waals surface area contributed by atoms with Crippen molar-refractivity contribution >= 4 is 45.8 Å². The highest BCUT2D eigenvalue weighted by Gasteiger charge is 2.14. The molecule has 1 aliphatic heterocycles. The maximum absolute atomic E-state index is 12.4. The quantitative estimate of drug-likeness (QED) is 0.295. The topological polar surface area (TPSA) is 122 Å². The summed E-state index contributed by atoms with van der Waals surface area (Å²) in [7, 11) is 3.90. The normalized spacial score (nSPS) is 13.8. The Kier molecular flexibility index (Phi) is 7.95. The molecule has 0 unspecified atom stereocenters. The van der Waals surface area contributed by atoms with Gasteiger partial charge in [0.05, 0.1) is 30.6 Å². The number of anilines is 5. The van der Waals surface area contributed by atoms with Crippen LogP contribution >= 0.6 is 0 Å². The fourth-order valence-corrected chi connectivity index (χ4v) is 4.35. The van der Waals surface area contributed by atoms with Crippen LogP contribution in [0.3, 0.4) is 0 Å². The highest BCUT2D eigenvalue weighted by molar-refractivity contribution is 6.02. The van der Waals surface area contributed by atoms with Crippen LogP contribution in [0.5, 0.6) is 0 Å². The average Bonchev–Trinajstić information content (AvgIpc) is 2.94. The van der Waals surface area contributed by atoms with Gasteiger partial charge >= 0.3 is 0 Å². The molecule has 200 valence electrons. The van der Waals surface area contributed by atoms with Crippen molar-refractivity contribution < 1.29 is 9.53 Å². The van der Waals surface area contributed by atoms with Gasteiger partial charge in [-0.3, -0.25) is 4.79 Å². The Morgan fingerprint density at radius 1 is 1.08 bits per heavy atom. The Morgan fingerprint density at radius 2 is 1.90 bits per heavy atom. The Hall–Kier alpha value is -4.54. The molecule has 2 aromatic carbocycles. The third-order valence-corrected chi connectivity index (χ3v) is 6.28. The second kappa shape index (κ2) is 11.9. The van der Waals surface area contributed by atoms with Crippen molar-refractivity contribution in [2.45, 2.75) is 0 Å². The number of nitrogens with zero attached hydrogens (tertiary/aromatic N) is 5. The lowest BCUT2D eigenvalue weighted by molar-refractivity contribution is -0.111. The van der Waals surface area contributed by atoms with Gasteiger partial charge in [0, 0.05) is 42.3 Å². The number of nitrogens with one attached hydrogen (secondary N) is 2. The molecule has 10 heteroatoms. The van der Waals surface area contributed by atoms with Crippen LogP contribution in [0.25, 0.3) is 22.0 Å². The maximum atomic E-state index is 12.4. The van der Waals surface area contributed by atoms with Crippen molar-refractivity contribution in [3.05, 3.63) is 72.9 Å². The standard InChI is InChI=1S/C29H32N8O2/c1-36(2)13-5-10-26(38)32-21-7-3-6-20(18-21)23-8-4-9-24-27(23)34-29(35-28(24)30)33-22-11-12-25(31-19-22)37-14-16-39-17-15-37/h3-12,18-19H,13-17H2,1-2H3,(H,32,38)(H3,30,33,34,35)/b10-5+. The van der Waals surface area contributed by atoms with Crippen LogP contribution in [-0.2, 0) is 9.53 Å². The molecule has 10 nitrogen and oxygen atoms in total. The van der Waals surface area contributed by atoms with E-state index in [0.29, 0.717) is 42.7 Å². The first kappa shape index (κ1) is 26.1. The monoisotopic (exact) mass is 524 g/mol. The van der Waals surface area contributed by atoms with Gasteiger partial charge in [-0.15, -0.1) is 0 Å². The van der Waals surface area contributed by atoms with E-state index in [9.17, 15) is 4.79 Å². The SMILES string of the molecule is CN(C)C/C=C/C(=O)Nc1cccc(-c2cccc3c(N)nc(Nc4ccc(N5CCOCC5)nc4)nc23)c1. The molecule has 1 fully saturated rings. The molecule has 2 aromatic heterocycles. The molecule has 1 amide bonds. The number of benzene rings is 2. The minimum atomic E-state index is -0.182. The van der Waals surface area contributed by atoms with Crippen LogP contribution < -0.4 is 21.3 Å². The Labute approximate surface area is 227 Å². The summed E-state index contributed by atoms with van der Waals surface area (Å²) < 4.78 is 5.42. The summed E-state index contributed by atoms with van der Waals surface area (Å²) in [5.41, 5.74) is 10.3. The minimum Gasteiger partial charge on any atom is -0.383 e. The summed E-state index contributed by atoms with van der Waals surface area (Å²) >= 11 is 0. The lowest BCUT2D eigenvalue weighted by Gasteiger charge is -2.27. The summed E-state index contributed by atoms with van der Waals surface area (Å²) in [6.07, 6.45) is 5.13. The van der Waals surface area contributed by atoms with E-state index in [1.54, 1.807) is 12.3 Å². The van der Waals surface area contributed by atoms with Crippen molar-refractivity contribution in [1.82, 2.24) is 19.9 Å². The molecule has 4 N–H and O–H groups in total. The third kappa shape index (κ3) is 6.49. The van der Waals surface area contributed by atoms with Gasteiger partial charge in [0.1, 0.15) is 11.6 Å². The van der Waals surface area contributed by atoms with Crippen LogP contribution in [0, 0.1) is 0 Å². The second-order valence-electron chi connectivity index (χ2n) is 9.50. The number of ether oxygens (including phenoxy) is 1. The molecule has 0 bridgehead atoms. The van der Waals surface area contributed by atoms with Crippen LogP contribution in [0.4, 0.5) is 29.0 Å². The van der Waals surface area contributed by atoms with E-state index in [1.165, 1.54) is 0 Å². The molecule has 0 saturated carbocycles. The second-order valence-corrected chi connectivity index (χ2v) is 9.50. The van der Waals surface area contributed by atoms with E-state index in [4.69, 9.17) is 15.5 Å². The predicted octanol–water partition coefficient (Wildman–Crippen LogP) is 3.91. The fraction of sp³-hybridized carbons (Fsp3) is 0.241. The number of fused-ring (bicyclic) bond motifs is 1. The Bertz CT molecular complexity index is 1480. The first-order valence-electron chi connectivity index (χ1n) is 12.8. The van der Waals surface area contributed by atoms with Crippen LogP contribution in [0.2, 0.25) is 0 Å². The van der Waals surface area contributed by atoms with Gasteiger partial charge in [0.15, 0.2) is 0 Å². The largest absolute Gasteiger partial charge is 0.383 e. The predicted molar refractivity (Wildman–Crippen MR) is 156 cm³/mol. The number of morpholine rings is 1. The highest BCUT2D eigenvalue weighted by Crippen LogP contribution is 2.32.